The van der Waals surface area contributed by atoms with Crippen LogP contribution in [0.15, 0.2) is 35.6 Å². The molecule has 0 aliphatic heterocycles. The zero-order valence-corrected chi connectivity index (χ0v) is 20.0. The van der Waals surface area contributed by atoms with Crippen molar-refractivity contribution in [3.8, 4) is 0 Å². The molecule has 3 unspecified atom stereocenters. The molecule has 2 fully saturated rings. The average Bonchev–Trinajstić information content (AvgIpc) is 3.04. The van der Waals surface area contributed by atoms with Gasteiger partial charge in [-0.1, -0.05) is 38.2 Å². The molecule has 0 bridgehead atoms. The summed E-state index contributed by atoms with van der Waals surface area (Å²) >= 11 is 0. The first-order chi connectivity index (χ1) is 15.2. The number of ether oxygens (including phenoxy) is 1. The normalized spacial score (nSPS) is 38.2. The zero-order valence-electron chi connectivity index (χ0n) is 19.2. The van der Waals surface area contributed by atoms with Gasteiger partial charge in [-0.15, -0.1) is 0 Å². The third-order valence-corrected chi connectivity index (χ3v) is 9.75. The van der Waals surface area contributed by atoms with E-state index in [0.717, 1.165) is 38.5 Å². The fourth-order valence-corrected chi connectivity index (χ4v) is 7.64. The van der Waals surface area contributed by atoms with Crippen LogP contribution in [0.4, 0.5) is 13.2 Å². The molecule has 2 saturated carbocycles. The van der Waals surface area contributed by atoms with Gasteiger partial charge < -0.3 is 8.92 Å². The summed E-state index contributed by atoms with van der Waals surface area (Å²) in [5, 5.41) is 0. The molecule has 0 aromatic heterocycles. The highest BCUT2D eigenvalue weighted by molar-refractivity contribution is 7.87. The van der Waals surface area contributed by atoms with Crippen LogP contribution < -0.4 is 0 Å². The maximum atomic E-state index is 12.8. The largest absolute Gasteiger partial charge is 0.534 e. The number of esters is 1. The number of rotatable bonds is 4. The smallest absolute Gasteiger partial charge is 0.462 e. The number of carbonyl (C=O) groups excluding carboxylic acids is 1. The van der Waals surface area contributed by atoms with Gasteiger partial charge in [0.1, 0.15) is 11.9 Å². The number of fused-ring (bicyclic) bond motifs is 5. The second-order valence-electron chi connectivity index (χ2n) is 10.4. The molecule has 4 aliphatic rings. The lowest BCUT2D eigenvalue weighted by molar-refractivity contribution is -0.148. The summed E-state index contributed by atoms with van der Waals surface area (Å²) in [4.78, 5) is 11.4. The van der Waals surface area contributed by atoms with Crippen LogP contribution in [0.1, 0.15) is 65.7 Å². The molecule has 184 valence electrons. The minimum Gasteiger partial charge on any atom is -0.462 e. The Bertz CT molecular complexity index is 1030. The van der Waals surface area contributed by atoms with Crippen LogP contribution in [0.5, 0.6) is 0 Å². The Balaban J connectivity index is 1.54. The molecule has 33 heavy (non-hydrogen) atoms. The molecular formula is C24H31F3O5S. The highest BCUT2D eigenvalue weighted by Gasteiger charge is 2.58. The first-order valence-corrected chi connectivity index (χ1v) is 12.9. The van der Waals surface area contributed by atoms with Gasteiger partial charge in [0, 0.05) is 13.3 Å². The third kappa shape index (κ3) is 3.94. The minimum absolute atomic E-state index is 0.0107. The highest BCUT2D eigenvalue weighted by Crippen LogP contribution is 2.65. The first-order valence-electron chi connectivity index (χ1n) is 11.5. The van der Waals surface area contributed by atoms with Gasteiger partial charge in [0.25, 0.3) is 0 Å². The Morgan fingerprint density at radius 2 is 1.76 bits per heavy atom. The average molecular weight is 489 g/mol. The fraction of sp³-hybridized carbons (Fsp3) is 0.708. The van der Waals surface area contributed by atoms with Crippen LogP contribution in [-0.2, 0) is 23.8 Å². The van der Waals surface area contributed by atoms with Gasteiger partial charge in [0.15, 0.2) is 0 Å². The molecule has 6 atom stereocenters. The molecule has 4 aliphatic carbocycles. The molecule has 0 aromatic carbocycles. The topological polar surface area (TPSA) is 69.7 Å². The fourth-order valence-electron chi connectivity index (χ4n) is 7.19. The van der Waals surface area contributed by atoms with Crippen LogP contribution in [0.2, 0.25) is 0 Å². The van der Waals surface area contributed by atoms with E-state index in [1.165, 1.54) is 12.5 Å². The Morgan fingerprint density at radius 1 is 1.09 bits per heavy atom. The van der Waals surface area contributed by atoms with Crippen LogP contribution >= 0.6 is 0 Å². The molecular weight excluding hydrogens is 457 g/mol. The van der Waals surface area contributed by atoms with E-state index in [1.807, 2.05) is 13.0 Å². The third-order valence-electron chi connectivity index (χ3n) is 8.77. The Hall–Kier alpha value is -1.77. The Labute approximate surface area is 193 Å². The quantitative estimate of drug-likeness (QED) is 0.165. The van der Waals surface area contributed by atoms with E-state index in [0.29, 0.717) is 23.8 Å². The molecule has 0 heterocycles. The van der Waals surface area contributed by atoms with Crippen molar-refractivity contribution >= 4 is 16.1 Å². The van der Waals surface area contributed by atoms with Crippen molar-refractivity contribution in [1.82, 2.24) is 0 Å². The standard InChI is InChI=1S/C24H31F3O5S/c1-14(32-33(29,30)24(25,26)27)19-7-8-20-18-6-5-16-13-17(31-15(2)28)9-11-22(16,3)21(18)10-12-23(19,20)4/h5,7,17-18,20-21H,1,6,8-13H2,2-4H3/t17-,18?,20?,21?,22-,23+/m0/s1. The molecule has 0 radical (unpaired) electrons. The second-order valence-corrected chi connectivity index (χ2v) is 12.0. The molecule has 0 amide bonds. The van der Waals surface area contributed by atoms with Gasteiger partial charge in [-0.2, -0.15) is 21.6 Å². The van der Waals surface area contributed by atoms with Crippen molar-refractivity contribution in [3.63, 3.8) is 0 Å². The summed E-state index contributed by atoms with van der Waals surface area (Å²) < 4.78 is 71.4. The van der Waals surface area contributed by atoms with Crippen molar-refractivity contribution in [1.29, 1.82) is 0 Å². The predicted molar refractivity (Wildman–Crippen MR) is 116 cm³/mol. The van der Waals surface area contributed by atoms with E-state index < -0.39 is 26.8 Å². The minimum atomic E-state index is -5.75. The number of halogens is 3. The molecule has 0 aromatic rings. The van der Waals surface area contributed by atoms with Crippen LogP contribution in [0.3, 0.4) is 0 Å². The van der Waals surface area contributed by atoms with E-state index in [4.69, 9.17) is 4.74 Å². The lowest BCUT2D eigenvalue weighted by Crippen LogP contribution is -2.50. The van der Waals surface area contributed by atoms with Crippen LogP contribution in [0, 0.1) is 28.6 Å². The van der Waals surface area contributed by atoms with Crippen molar-refractivity contribution in [2.75, 3.05) is 0 Å². The summed E-state index contributed by atoms with van der Waals surface area (Å²) in [6, 6.07) is 0. The molecule has 0 saturated heterocycles. The van der Waals surface area contributed by atoms with Crippen LogP contribution in [0.25, 0.3) is 0 Å². The first kappa shape index (κ1) is 24.4. The molecule has 4 rings (SSSR count). The maximum Gasteiger partial charge on any atom is 0.534 e. The van der Waals surface area contributed by atoms with Gasteiger partial charge in [0.05, 0.1) is 0 Å². The van der Waals surface area contributed by atoms with E-state index in [2.05, 4.69) is 23.8 Å². The molecule has 5 nitrogen and oxygen atoms in total. The van der Waals surface area contributed by atoms with Gasteiger partial charge in [-0.3, -0.25) is 4.79 Å². The summed E-state index contributed by atoms with van der Waals surface area (Å²) in [6.45, 7) is 9.29. The predicted octanol–water partition coefficient (Wildman–Crippen LogP) is 5.80. The Kier molecular flexibility index (Phi) is 5.82. The van der Waals surface area contributed by atoms with Gasteiger partial charge in [-0.05, 0) is 72.7 Å². The monoisotopic (exact) mass is 488 g/mol. The zero-order chi connectivity index (χ0) is 24.4. The molecule has 0 N–H and O–H groups in total. The molecule has 0 spiro atoms. The summed E-state index contributed by atoms with van der Waals surface area (Å²) in [7, 11) is -5.75. The number of hydrogen-bond donors (Lipinski definition) is 0. The maximum absolute atomic E-state index is 12.8. The van der Waals surface area contributed by atoms with Crippen molar-refractivity contribution in [2.45, 2.75) is 77.3 Å². The van der Waals surface area contributed by atoms with E-state index in [-0.39, 0.29) is 23.4 Å². The van der Waals surface area contributed by atoms with E-state index in [1.54, 1.807) is 0 Å². The van der Waals surface area contributed by atoms with Crippen molar-refractivity contribution < 1.29 is 35.3 Å². The Morgan fingerprint density at radius 3 is 2.39 bits per heavy atom. The summed E-state index contributed by atoms with van der Waals surface area (Å²) in [5.41, 5.74) is -4.12. The summed E-state index contributed by atoms with van der Waals surface area (Å²) in [5.74, 6) is 0.265. The SMILES string of the molecule is C=C(OS(=O)(=O)C(F)(F)F)C1=CCC2C3CC=C4C[C@@H](OC(C)=O)CC[C@]4(C)C3CC[C@]12C. The van der Waals surface area contributed by atoms with Gasteiger partial charge in [-0.25, -0.2) is 0 Å². The summed E-state index contributed by atoms with van der Waals surface area (Å²) in [6.07, 6.45) is 9.67. The lowest BCUT2D eigenvalue weighted by Gasteiger charge is -2.57. The van der Waals surface area contributed by atoms with Crippen molar-refractivity contribution in [2.24, 2.45) is 28.6 Å². The number of hydrogen-bond acceptors (Lipinski definition) is 5. The van der Waals surface area contributed by atoms with Gasteiger partial charge >= 0.3 is 21.6 Å². The number of alkyl halides is 3. The number of allylic oxidation sites excluding steroid dienone is 3. The van der Waals surface area contributed by atoms with E-state index >= 15 is 0 Å². The van der Waals surface area contributed by atoms with Gasteiger partial charge in [0.2, 0.25) is 0 Å². The second kappa shape index (κ2) is 7.89. The number of carbonyl (C=O) groups is 1. The van der Waals surface area contributed by atoms with E-state index in [9.17, 15) is 26.4 Å². The highest BCUT2D eigenvalue weighted by atomic mass is 32.2. The lowest BCUT2D eigenvalue weighted by atomic mass is 9.47. The van der Waals surface area contributed by atoms with Crippen LogP contribution in [-0.4, -0.2) is 26.0 Å². The van der Waals surface area contributed by atoms with Crippen molar-refractivity contribution in [3.05, 3.63) is 35.6 Å². The molecule has 9 heteroatoms.